The molecule has 5 heteroatoms. The van der Waals surface area contributed by atoms with Gasteiger partial charge in [0.2, 0.25) is 5.91 Å². The number of carbonyl (C=O) groups excluding carboxylic acids is 2. The molecule has 0 fully saturated rings. The zero-order valence-corrected chi connectivity index (χ0v) is 17.5. The molecule has 0 spiro atoms. The summed E-state index contributed by atoms with van der Waals surface area (Å²) in [6.45, 7) is 5.86. The highest BCUT2D eigenvalue weighted by molar-refractivity contribution is 8.00. The molecule has 2 amide bonds. The third-order valence-corrected chi connectivity index (χ3v) is 5.50. The van der Waals surface area contributed by atoms with E-state index in [-0.39, 0.29) is 17.1 Å². The summed E-state index contributed by atoms with van der Waals surface area (Å²) in [5.74, 6) is -0.217. The maximum atomic E-state index is 12.5. The van der Waals surface area contributed by atoms with Gasteiger partial charge < -0.3 is 10.6 Å². The van der Waals surface area contributed by atoms with Crippen molar-refractivity contribution in [3.63, 3.8) is 0 Å². The second-order valence-electron chi connectivity index (χ2n) is 6.96. The van der Waals surface area contributed by atoms with Crippen molar-refractivity contribution >= 4 is 35.0 Å². The predicted octanol–water partition coefficient (Wildman–Crippen LogP) is 5.68. The molecule has 0 saturated heterocycles. The van der Waals surface area contributed by atoms with Crippen LogP contribution >= 0.6 is 11.8 Å². The Morgan fingerprint density at radius 2 is 1.41 bits per heavy atom. The molecule has 3 aromatic carbocycles. The van der Waals surface area contributed by atoms with Crippen LogP contribution in [0.1, 0.15) is 28.4 Å². The minimum Gasteiger partial charge on any atom is -0.325 e. The van der Waals surface area contributed by atoms with E-state index in [1.165, 1.54) is 11.8 Å². The van der Waals surface area contributed by atoms with Crippen LogP contribution in [0.4, 0.5) is 11.4 Å². The number of nitrogens with one attached hydrogen (secondary N) is 2. The molecule has 2 N–H and O–H groups in total. The smallest absolute Gasteiger partial charge is 0.255 e. The molecule has 1 atom stereocenters. The monoisotopic (exact) mass is 404 g/mol. The Hall–Kier alpha value is -3.05. The lowest BCUT2D eigenvalue weighted by molar-refractivity contribution is -0.115. The van der Waals surface area contributed by atoms with Crippen molar-refractivity contribution in [1.82, 2.24) is 0 Å². The van der Waals surface area contributed by atoms with E-state index >= 15 is 0 Å². The summed E-state index contributed by atoms with van der Waals surface area (Å²) in [5, 5.41) is 5.57. The SMILES string of the molecule is Cc1ccc(NC(=O)C(C)Sc2cccc(NC(=O)c3ccc(C)cc3)c2)cc1. The quantitative estimate of drug-likeness (QED) is 0.520. The first-order valence-electron chi connectivity index (χ1n) is 9.43. The number of anilines is 2. The largest absolute Gasteiger partial charge is 0.325 e. The van der Waals surface area contributed by atoms with Gasteiger partial charge in [0.1, 0.15) is 0 Å². The lowest BCUT2D eigenvalue weighted by atomic mass is 10.1. The number of carbonyl (C=O) groups is 2. The Morgan fingerprint density at radius 3 is 2.07 bits per heavy atom. The fraction of sp³-hybridized carbons (Fsp3) is 0.167. The van der Waals surface area contributed by atoms with Gasteiger partial charge in [0.05, 0.1) is 5.25 Å². The van der Waals surface area contributed by atoms with E-state index < -0.39 is 0 Å². The van der Waals surface area contributed by atoms with Crippen molar-refractivity contribution in [3.05, 3.63) is 89.5 Å². The van der Waals surface area contributed by atoms with E-state index in [0.717, 1.165) is 21.7 Å². The second kappa shape index (κ2) is 9.43. The molecule has 0 aliphatic rings. The van der Waals surface area contributed by atoms with Crippen molar-refractivity contribution in [1.29, 1.82) is 0 Å². The number of rotatable bonds is 6. The summed E-state index contributed by atoms with van der Waals surface area (Å²) in [6.07, 6.45) is 0. The van der Waals surface area contributed by atoms with Crippen molar-refractivity contribution < 1.29 is 9.59 Å². The third-order valence-electron chi connectivity index (χ3n) is 4.41. The summed E-state index contributed by atoms with van der Waals surface area (Å²) in [7, 11) is 0. The van der Waals surface area contributed by atoms with Gasteiger partial charge in [0.15, 0.2) is 0 Å². The molecule has 29 heavy (non-hydrogen) atoms. The highest BCUT2D eigenvalue weighted by Gasteiger charge is 2.15. The van der Waals surface area contributed by atoms with E-state index in [1.807, 2.05) is 81.4 Å². The molecule has 3 rings (SSSR count). The van der Waals surface area contributed by atoms with E-state index in [4.69, 9.17) is 0 Å². The van der Waals surface area contributed by atoms with Crippen LogP contribution in [-0.4, -0.2) is 17.1 Å². The average molecular weight is 405 g/mol. The van der Waals surface area contributed by atoms with E-state index in [0.29, 0.717) is 11.3 Å². The fourth-order valence-corrected chi connectivity index (χ4v) is 3.62. The van der Waals surface area contributed by atoms with E-state index in [1.54, 1.807) is 12.1 Å². The van der Waals surface area contributed by atoms with Gasteiger partial charge in [-0.2, -0.15) is 0 Å². The fourth-order valence-electron chi connectivity index (χ4n) is 2.69. The van der Waals surface area contributed by atoms with E-state index in [9.17, 15) is 9.59 Å². The summed E-state index contributed by atoms with van der Waals surface area (Å²) in [6, 6.07) is 22.7. The van der Waals surface area contributed by atoms with Crippen molar-refractivity contribution in [2.75, 3.05) is 10.6 Å². The summed E-state index contributed by atoms with van der Waals surface area (Å²) in [5.41, 5.74) is 4.35. The molecule has 0 heterocycles. The van der Waals surface area contributed by atoms with Gasteiger partial charge in [0.25, 0.3) is 5.91 Å². The first-order chi connectivity index (χ1) is 13.9. The highest BCUT2D eigenvalue weighted by atomic mass is 32.2. The zero-order valence-electron chi connectivity index (χ0n) is 16.7. The topological polar surface area (TPSA) is 58.2 Å². The lowest BCUT2D eigenvalue weighted by Gasteiger charge is -2.13. The Bertz CT molecular complexity index is 998. The van der Waals surface area contributed by atoms with Crippen LogP contribution in [0.25, 0.3) is 0 Å². The number of thioether (sulfide) groups is 1. The summed E-state index contributed by atoms with van der Waals surface area (Å²) >= 11 is 1.45. The van der Waals surface area contributed by atoms with Crippen LogP contribution in [0.3, 0.4) is 0 Å². The Kier molecular flexibility index (Phi) is 6.73. The molecule has 0 saturated carbocycles. The molecule has 4 nitrogen and oxygen atoms in total. The maximum absolute atomic E-state index is 12.5. The van der Waals surface area contributed by atoms with E-state index in [2.05, 4.69) is 10.6 Å². The number of amides is 2. The first kappa shape index (κ1) is 20.7. The van der Waals surface area contributed by atoms with Crippen LogP contribution in [0.2, 0.25) is 0 Å². The molecule has 0 aliphatic heterocycles. The van der Waals surface area contributed by atoms with Gasteiger partial charge in [-0.25, -0.2) is 0 Å². The molecule has 3 aromatic rings. The summed E-state index contributed by atoms with van der Waals surface area (Å²) < 4.78 is 0. The third kappa shape index (κ3) is 5.96. The minimum absolute atomic E-state index is 0.0621. The lowest BCUT2D eigenvalue weighted by Crippen LogP contribution is -2.22. The number of benzene rings is 3. The highest BCUT2D eigenvalue weighted by Crippen LogP contribution is 2.27. The minimum atomic E-state index is -0.278. The van der Waals surface area contributed by atoms with Gasteiger partial charge in [-0.1, -0.05) is 41.5 Å². The van der Waals surface area contributed by atoms with Crippen LogP contribution in [0.5, 0.6) is 0 Å². The van der Waals surface area contributed by atoms with Crippen LogP contribution < -0.4 is 10.6 Å². The molecule has 0 aromatic heterocycles. The van der Waals surface area contributed by atoms with Crippen molar-refractivity contribution in [2.24, 2.45) is 0 Å². The standard InChI is InChI=1S/C24H24N2O2S/c1-16-7-11-19(12-8-16)24(28)26-21-5-4-6-22(15-21)29-18(3)23(27)25-20-13-9-17(2)10-14-20/h4-15,18H,1-3H3,(H,25,27)(H,26,28). The second-order valence-corrected chi connectivity index (χ2v) is 8.38. The number of hydrogen-bond donors (Lipinski definition) is 2. The molecule has 0 aliphatic carbocycles. The Balaban J connectivity index is 1.61. The molecular formula is C24H24N2O2S. The Labute approximate surface area is 175 Å². The molecule has 1 unspecified atom stereocenters. The molecule has 0 radical (unpaired) electrons. The normalized spacial score (nSPS) is 11.6. The van der Waals surface area contributed by atoms with Gasteiger partial charge in [-0.15, -0.1) is 11.8 Å². The molecule has 0 bridgehead atoms. The number of hydrogen-bond acceptors (Lipinski definition) is 3. The average Bonchev–Trinajstić information content (AvgIpc) is 2.70. The first-order valence-corrected chi connectivity index (χ1v) is 10.3. The maximum Gasteiger partial charge on any atom is 0.255 e. The van der Waals surface area contributed by atoms with Gasteiger partial charge in [-0.3, -0.25) is 9.59 Å². The van der Waals surface area contributed by atoms with Gasteiger partial charge in [0, 0.05) is 21.8 Å². The van der Waals surface area contributed by atoms with Crippen LogP contribution in [0.15, 0.2) is 77.7 Å². The molecular weight excluding hydrogens is 380 g/mol. The predicted molar refractivity (Wildman–Crippen MR) is 121 cm³/mol. The zero-order chi connectivity index (χ0) is 20.8. The molecule has 148 valence electrons. The van der Waals surface area contributed by atoms with Crippen LogP contribution in [-0.2, 0) is 4.79 Å². The van der Waals surface area contributed by atoms with Gasteiger partial charge in [-0.05, 0) is 63.2 Å². The Morgan fingerprint density at radius 1 is 0.793 bits per heavy atom. The van der Waals surface area contributed by atoms with Gasteiger partial charge >= 0.3 is 0 Å². The summed E-state index contributed by atoms with van der Waals surface area (Å²) in [4.78, 5) is 25.8. The number of aryl methyl sites for hydroxylation is 2. The van der Waals surface area contributed by atoms with Crippen molar-refractivity contribution in [2.45, 2.75) is 30.9 Å². The van der Waals surface area contributed by atoms with Crippen molar-refractivity contribution in [3.8, 4) is 0 Å². The van der Waals surface area contributed by atoms with Crippen LogP contribution in [0, 0.1) is 13.8 Å².